The second-order valence-electron chi connectivity index (χ2n) is 8.72. The van der Waals surface area contributed by atoms with Crippen LogP contribution in [0.3, 0.4) is 0 Å². The van der Waals surface area contributed by atoms with Crippen molar-refractivity contribution >= 4 is 26.8 Å². The highest BCUT2D eigenvalue weighted by Crippen LogP contribution is 2.25. The highest BCUT2D eigenvalue weighted by molar-refractivity contribution is 7.85. The fourth-order valence-corrected chi connectivity index (χ4v) is 4.81. The number of aliphatic hydroxyl groups is 1. The number of nitrogens with zero attached hydrogens (tertiary/aromatic N) is 2. The highest BCUT2D eigenvalue weighted by Gasteiger charge is 2.14. The van der Waals surface area contributed by atoms with E-state index in [0.29, 0.717) is 36.5 Å². The van der Waals surface area contributed by atoms with Crippen LogP contribution in [-0.4, -0.2) is 56.1 Å². The quantitative estimate of drug-likeness (QED) is 0.221. The smallest absolute Gasteiger partial charge is 0.344 e. The van der Waals surface area contributed by atoms with E-state index in [-0.39, 0.29) is 22.9 Å². The maximum absolute atomic E-state index is 12.5. The molecule has 3 heterocycles. The Balaban J connectivity index is 0.000000236. The lowest BCUT2D eigenvalue weighted by molar-refractivity contribution is -0.698. The third-order valence-corrected chi connectivity index (χ3v) is 7.08. The Bertz CT molecular complexity index is 1580. The van der Waals surface area contributed by atoms with Gasteiger partial charge in [0.05, 0.1) is 23.7 Å². The van der Waals surface area contributed by atoms with Crippen molar-refractivity contribution in [1.29, 1.82) is 0 Å². The van der Waals surface area contributed by atoms with Gasteiger partial charge in [-0.15, -0.1) is 0 Å². The summed E-state index contributed by atoms with van der Waals surface area (Å²) in [5.74, 6) is -0.227. The summed E-state index contributed by atoms with van der Waals surface area (Å²) in [6, 6.07) is 15.2. The first-order valence-electron chi connectivity index (χ1n) is 11.9. The minimum atomic E-state index is -4.47. The van der Waals surface area contributed by atoms with Crippen LogP contribution in [0.5, 0.6) is 5.75 Å². The van der Waals surface area contributed by atoms with Gasteiger partial charge in [0.1, 0.15) is 28.1 Å². The van der Waals surface area contributed by atoms with Crippen LogP contribution >= 0.6 is 0 Å². The molecule has 0 radical (unpaired) electrons. The van der Waals surface area contributed by atoms with E-state index < -0.39 is 10.1 Å². The Kier molecular flexibility index (Phi) is 8.42. The Morgan fingerprint density at radius 2 is 1.74 bits per heavy atom. The molecule has 200 valence electrons. The number of hydrogen-bond donors (Lipinski definition) is 2. The molecule has 0 unspecified atom stereocenters. The van der Waals surface area contributed by atoms with Crippen LogP contribution in [0, 0.1) is 6.92 Å². The Morgan fingerprint density at radius 1 is 1.03 bits per heavy atom. The molecule has 1 aliphatic heterocycles. The van der Waals surface area contributed by atoms with E-state index in [2.05, 4.69) is 11.0 Å². The second kappa shape index (κ2) is 11.7. The number of hydrogen-bond acceptors (Lipinski definition) is 9. The number of morpholine rings is 1. The molecule has 0 atom stereocenters. The molecule has 2 aromatic carbocycles. The summed E-state index contributed by atoms with van der Waals surface area (Å²) in [6.45, 7) is 5.20. The van der Waals surface area contributed by atoms with Crippen LogP contribution < -0.4 is 15.1 Å². The van der Waals surface area contributed by atoms with Crippen LogP contribution in [-0.2, 0) is 21.4 Å². The number of fused-ring (bicyclic) bond motifs is 1. The number of aromatic nitrogens is 1. The van der Waals surface area contributed by atoms with Gasteiger partial charge in [0.15, 0.2) is 18.9 Å². The number of aliphatic hydroxyl groups excluding tert-OH is 1. The number of aromatic hydroxyl groups is 1. The lowest BCUT2D eigenvalue weighted by Gasteiger charge is -2.28. The minimum Gasteiger partial charge on any atom is -0.744 e. The summed E-state index contributed by atoms with van der Waals surface area (Å²) in [5, 5.41) is 18.8. The molecule has 2 N–H and O–H groups in total. The molecular weight excluding hydrogens is 512 g/mol. The average molecular weight is 541 g/mol. The molecule has 0 spiro atoms. The lowest BCUT2D eigenvalue weighted by Crippen LogP contribution is -2.36. The van der Waals surface area contributed by atoms with Crippen molar-refractivity contribution in [1.82, 2.24) is 0 Å². The third-order valence-electron chi connectivity index (χ3n) is 6.10. The highest BCUT2D eigenvalue weighted by atomic mass is 32.2. The predicted octanol–water partition coefficient (Wildman–Crippen LogP) is 2.18. The molecule has 1 aliphatic rings. The monoisotopic (exact) mass is 540 g/mol. The van der Waals surface area contributed by atoms with Gasteiger partial charge in [0, 0.05) is 47.9 Å². The van der Waals surface area contributed by atoms with Crippen molar-refractivity contribution in [2.45, 2.75) is 18.4 Å². The van der Waals surface area contributed by atoms with Crippen molar-refractivity contribution in [2.75, 3.05) is 37.8 Å². The summed E-state index contributed by atoms with van der Waals surface area (Å²) in [5.41, 5.74) is 2.95. The maximum atomic E-state index is 12.5. The lowest BCUT2D eigenvalue weighted by atomic mass is 10.1. The average Bonchev–Trinajstić information content (AvgIpc) is 2.90. The van der Waals surface area contributed by atoms with E-state index in [4.69, 9.17) is 19.4 Å². The number of pyridine rings is 1. The molecule has 1 fully saturated rings. The van der Waals surface area contributed by atoms with Crippen LogP contribution in [0.25, 0.3) is 22.1 Å². The molecule has 5 rings (SSSR count). The summed E-state index contributed by atoms with van der Waals surface area (Å²) >= 11 is 0. The van der Waals surface area contributed by atoms with Crippen LogP contribution in [0.1, 0.15) is 5.56 Å². The molecule has 0 saturated carbocycles. The number of phenolic OH excluding ortho intramolecular Hbond substituents is 1. The van der Waals surface area contributed by atoms with Gasteiger partial charge in [-0.2, -0.15) is 0 Å². The summed E-state index contributed by atoms with van der Waals surface area (Å²) in [4.78, 5) is 14.3. The van der Waals surface area contributed by atoms with Gasteiger partial charge in [-0.1, -0.05) is 6.07 Å². The molecule has 0 bridgehead atoms. The van der Waals surface area contributed by atoms with Crippen LogP contribution in [0.4, 0.5) is 5.69 Å². The molecule has 1 saturated heterocycles. The second-order valence-corrected chi connectivity index (χ2v) is 10.1. The maximum Gasteiger partial charge on any atom is 0.344 e. The summed E-state index contributed by atoms with van der Waals surface area (Å²) in [7, 11) is -4.47. The molecule has 10 nitrogen and oxygen atoms in total. The third kappa shape index (κ3) is 6.56. The first-order chi connectivity index (χ1) is 18.2. The summed E-state index contributed by atoms with van der Waals surface area (Å²) < 4.78 is 44.5. The normalized spacial score (nSPS) is 13.7. The number of aryl methyl sites for hydroxylation is 1. The van der Waals surface area contributed by atoms with Gasteiger partial charge in [-0.05, 0) is 42.8 Å². The van der Waals surface area contributed by atoms with Crippen molar-refractivity contribution in [3.8, 4) is 16.9 Å². The Hall–Kier alpha value is -3.77. The largest absolute Gasteiger partial charge is 0.744 e. The Labute approximate surface area is 219 Å². The molecule has 2 aromatic heterocycles. The van der Waals surface area contributed by atoms with Gasteiger partial charge in [0.2, 0.25) is 0 Å². The number of phenols is 1. The zero-order chi connectivity index (χ0) is 27.3. The summed E-state index contributed by atoms with van der Waals surface area (Å²) in [6.07, 6.45) is 3.69. The van der Waals surface area contributed by atoms with Gasteiger partial charge in [0.25, 0.3) is 0 Å². The zero-order valence-electron chi connectivity index (χ0n) is 20.7. The van der Waals surface area contributed by atoms with Gasteiger partial charge in [-0.3, -0.25) is 0 Å². The van der Waals surface area contributed by atoms with Crippen LogP contribution in [0.2, 0.25) is 0 Å². The standard InChI is InChI=1S/C20H21N2O4.C7H8O4S/c23-10-7-21-5-3-15(4-6-21)18-13-16-1-2-17(14-19(16)26-20(18)24)22-8-11-25-12-9-22;1-5-2-3-6(8)4-7(5)12(9,10)11/h1-6,13-14,23H,7-12H2;2-4,8H,1H3,(H,9,10,11)/q+1;/p-1. The van der Waals surface area contributed by atoms with Crippen LogP contribution in [0.15, 0.2) is 81.1 Å². The zero-order valence-corrected chi connectivity index (χ0v) is 21.6. The Morgan fingerprint density at radius 3 is 2.37 bits per heavy atom. The minimum absolute atomic E-state index is 0.0770. The topological polar surface area (TPSA) is 144 Å². The SMILES string of the molecule is Cc1ccc(O)cc1S(=O)(=O)[O-].O=c1oc2cc(N3CCOCC3)ccc2cc1-c1cc[n+](CCO)cc1. The van der Waals surface area contributed by atoms with E-state index >= 15 is 0 Å². The molecule has 38 heavy (non-hydrogen) atoms. The van der Waals surface area contributed by atoms with Gasteiger partial charge in [-0.25, -0.2) is 17.8 Å². The number of ether oxygens (including phenoxy) is 1. The fourth-order valence-electron chi connectivity index (χ4n) is 4.08. The number of rotatable bonds is 5. The van der Waals surface area contributed by atoms with E-state index in [1.807, 2.05) is 47.3 Å². The molecule has 0 aliphatic carbocycles. The van der Waals surface area contributed by atoms with Crippen molar-refractivity contribution in [2.24, 2.45) is 0 Å². The van der Waals surface area contributed by atoms with Crippen molar-refractivity contribution in [3.63, 3.8) is 0 Å². The first kappa shape index (κ1) is 27.3. The van der Waals surface area contributed by atoms with Gasteiger partial charge >= 0.3 is 5.63 Å². The molecule has 0 amide bonds. The van der Waals surface area contributed by atoms with E-state index in [0.717, 1.165) is 35.8 Å². The molecular formula is C27H28N2O8S. The number of benzene rings is 2. The first-order valence-corrected chi connectivity index (χ1v) is 13.3. The van der Waals surface area contributed by atoms with E-state index in [1.54, 1.807) is 0 Å². The van der Waals surface area contributed by atoms with Crippen molar-refractivity contribution < 1.29 is 36.9 Å². The molecule has 4 aromatic rings. The predicted molar refractivity (Wildman–Crippen MR) is 139 cm³/mol. The van der Waals surface area contributed by atoms with E-state index in [9.17, 15) is 17.8 Å². The van der Waals surface area contributed by atoms with Gasteiger partial charge < -0.3 is 28.8 Å². The van der Waals surface area contributed by atoms with Crippen molar-refractivity contribution in [3.05, 3.63) is 83.0 Å². The number of anilines is 1. The van der Waals surface area contributed by atoms with E-state index in [1.165, 1.54) is 19.1 Å². The fraction of sp³-hybridized carbons (Fsp3) is 0.259. The molecule has 11 heteroatoms.